The third-order valence-corrected chi connectivity index (χ3v) is 3.50. The van der Waals surface area contributed by atoms with Crippen molar-refractivity contribution < 1.29 is 24.3 Å². The Bertz CT molecular complexity index is 710. The molecule has 0 aliphatic heterocycles. The molecule has 2 aromatic rings. The van der Waals surface area contributed by atoms with Crippen LogP contribution in [0.2, 0.25) is 0 Å². The Balaban J connectivity index is 2.42. The number of amides is 1. The highest BCUT2D eigenvalue weighted by Gasteiger charge is 2.33. The zero-order valence-electron chi connectivity index (χ0n) is 13.8. The van der Waals surface area contributed by atoms with Gasteiger partial charge in [-0.1, -0.05) is 36.4 Å². The van der Waals surface area contributed by atoms with Gasteiger partial charge in [0.05, 0.1) is 19.8 Å². The number of aliphatic hydroxyl groups is 1. The fourth-order valence-corrected chi connectivity index (χ4v) is 2.44. The lowest BCUT2D eigenvalue weighted by Crippen LogP contribution is -2.48. The van der Waals surface area contributed by atoms with E-state index in [4.69, 9.17) is 9.57 Å². The molecule has 1 atom stereocenters. The summed E-state index contributed by atoms with van der Waals surface area (Å²) in [5.74, 6) is -1.21. The highest BCUT2D eigenvalue weighted by Crippen LogP contribution is 2.21. The average Bonchev–Trinajstić information content (AvgIpc) is 2.61. The number of hydrogen-bond acceptors (Lipinski definition) is 5. The molecule has 0 bridgehead atoms. The summed E-state index contributed by atoms with van der Waals surface area (Å²) in [6.45, 7) is 3.09. The van der Waals surface area contributed by atoms with Crippen LogP contribution in [0.1, 0.15) is 24.2 Å². The molecule has 0 aliphatic carbocycles. The summed E-state index contributed by atoms with van der Waals surface area (Å²) in [6.07, 6.45) is 0. The van der Waals surface area contributed by atoms with E-state index in [0.29, 0.717) is 5.56 Å². The van der Waals surface area contributed by atoms with Crippen molar-refractivity contribution in [2.24, 2.45) is 0 Å². The molecular formula is C18H21NO5. The second-order valence-electron chi connectivity index (χ2n) is 5.03. The first-order valence-electron chi connectivity index (χ1n) is 7.85. The standard InChI is InChI=1S/C18H21NO5/c1-3-23-18(22)16(12-20)19(24-4-2)17(21)15-11-7-9-13-8-5-6-10-14(13)15/h5-11,16,20H,3-4,12H2,1-2H3. The monoisotopic (exact) mass is 331 g/mol. The van der Waals surface area contributed by atoms with Crippen molar-refractivity contribution in [3.05, 3.63) is 48.0 Å². The molecule has 0 saturated heterocycles. The van der Waals surface area contributed by atoms with Gasteiger partial charge in [-0.05, 0) is 30.7 Å². The molecule has 2 aromatic carbocycles. The second-order valence-corrected chi connectivity index (χ2v) is 5.03. The number of benzene rings is 2. The zero-order chi connectivity index (χ0) is 17.5. The molecule has 0 fully saturated rings. The van der Waals surface area contributed by atoms with Crippen molar-refractivity contribution in [3.8, 4) is 0 Å². The van der Waals surface area contributed by atoms with Crippen molar-refractivity contribution in [1.29, 1.82) is 0 Å². The largest absolute Gasteiger partial charge is 0.464 e. The van der Waals surface area contributed by atoms with Crippen molar-refractivity contribution in [2.45, 2.75) is 19.9 Å². The Hall–Kier alpha value is -2.44. The molecule has 0 aliphatic rings. The Labute approximate surface area is 140 Å². The minimum atomic E-state index is -1.21. The van der Waals surface area contributed by atoms with Gasteiger partial charge in [0.15, 0.2) is 6.04 Å². The van der Waals surface area contributed by atoms with Gasteiger partial charge in [0.25, 0.3) is 5.91 Å². The quantitative estimate of drug-likeness (QED) is 0.621. The van der Waals surface area contributed by atoms with E-state index < -0.39 is 24.5 Å². The van der Waals surface area contributed by atoms with Gasteiger partial charge in [0, 0.05) is 5.56 Å². The molecule has 0 saturated carbocycles. The van der Waals surface area contributed by atoms with E-state index in [-0.39, 0.29) is 13.2 Å². The number of ether oxygens (including phenoxy) is 1. The number of hydroxylamine groups is 2. The summed E-state index contributed by atoms with van der Waals surface area (Å²) in [5, 5.41) is 12.1. The van der Waals surface area contributed by atoms with Crippen LogP contribution >= 0.6 is 0 Å². The molecule has 6 nitrogen and oxygen atoms in total. The molecular weight excluding hydrogens is 310 g/mol. The normalized spacial score (nSPS) is 12.0. The summed E-state index contributed by atoms with van der Waals surface area (Å²) >= 11 is 0. The molecule has 0 heterocycles. The lowest BCUT2D eigenvalue weighted by atomic mass is 10.0. The molecule has 0 aromatic heterocycles. The Morgan fingerprint density at radius 3 is 2.46 bits per heavy atom. The minimum absolute atomic E-state index is 0.151. The van der Waals surface area contributed by atoms with Crippen LogP contribution in [0, 0.1) is 0 Å². The molecule has 2 rings (SSSR count). The Kier molecular flexibility index (Phi) is 6.28. The number of fused-ring (bicyclic) bond motifs is 1. The molecule has 6 heteroatoms. The van der Waals surface area contributed by atoms with Crippen LogP contribution in [0.5, 0.6) is 0 Å². The number of rotatable bonds is 7. The van der Waals surface area contributed by atoms with Crippen LogP contribution in [0.4, 0.5) is 0 Å². The number of carbonyl (C=O) groups is 2. The number of aliphatic hydroxyl groups excluding tert-OH is 1. The van der Waals surface area contributed by atoms with E-state index in [0.717, 1.165) is 15.8 Å². The van der Waals surface area contributed by atoms with Crippen molar-refractivity contribution in [3.63, 3.8) is 0 Å². The van der Waals surface area contributed by atoms with Crippen LogP contribution in [0.25, 0.3) is 10.8 Å². The molecule has 24 heavy (non-hydrogen) atoms. The van der Waals surface area contributed by atoms with Gasteiger partial charge in [-0.3, -0.25) is 9.63 Å². The highest BCUT2D eigenvalue weighted by atomic mass is 16.7. The van der Waals surface area contributed by atoms with Gasteiger partial charge in [0.1, 0.15) is 0 Å². The third kappa shape index (κ3) is 3.72. The fraction of sp³-hybridized carbons (Fsp3) is 0.333. The summed E-state index contributed by atoms with van der Waals surface area (Å²) in [4.78, 5) is 30.3. The van der Waals surface area contributed by atoms with Crippen molar-refractivity contribution in [1.82, 2.24) is 5.06 Å². The lowest BCUT2D eigenvalue weighted by molar-refractivity contribution is -0.182. The summed E-state index contributed by atoms with van der Waals surface area (Å²) in [5.41, 5.74) is 0.393. The third-order valence-electron chi connectivity index (χ3n) is 3.50. The maximum Gasteiger partial charge on any atom is 0.333 e. The van der Waals surface area contributed by atoms with Gasteiger partial charge in [0.2, 0.25) is 0 Å². The predicted octanol–water partition coefficient (Wildman–Crippen LogP) is 2.16. The highest BCUT2D eigenvalue weighted by molar-refractivity contribution is 6.07. The predicted molar refractivity (Wildman–Crippen MR) is 89.3 cm³/mol. The maximum atomic E-state index is 12.9. The molecule has 0 spiro atoms. The van der Waals surface area contributed by atoms with Crippen molar-refractivity contribution in [2.75, 3.05) is 19.8 Å². The van der Waals surface area contributed by atoms with E-state index >= 15 is 0 Å². The molecule has 128 valence electrons. The van der Waals surface area contributed by atoms with Crippen LogP contribution in [0.15, 0.2) is 42.5 Å². The maximum absolute atomic E-state index is 12.9. The number of esters is 1. The van der Waals surface area contributed by atoms with Crippen LogP contribution in [-0.2, 0) is 14.4 Å². The van der Waals surface area contributed by atoms with Gasteiger partial charge in [-0.15, -0.1) is 0 Å². The van der Waals surface area contributed by atoms with Gasteiger partial charge >= 0.3 is 5.97 Å². The number of nitrogens with zero attached hydrogens (tertiary/aromatic N) is 1. The minimum Gasteiger partial charge on any atom is -0.464 e. The van der Waals surface area contributed by atoms with Crippen molar-refractivity contribution >= 4 is 22.6 Å². The van der Waals surface area contributed by atoms with Crippen LogP contribution in [-0.4, -0.2) is 47.9 Å². The zero-order valence-corrected chi connectivity index (χ0v) is 13.8. The summed E-state index contributed by atoms with van der Waals surface area (Å²) in [7, 11) is 0. The first-order valence-corrected chi connectivity index (χ1v) is 7.85. The van der Waals surface area contributed by atoms with Gasteiger partial charge in [-0.2, -0.15) is 0 Å². The second kappa shape index (κ2) is 8.42. The summed E-state index contributed by atoms with van der Waals surface area (Å²) < 4.78 is 4.92. The van der Waals surface area contributed by atoms with Gasteiger partial charge < -0.3 is 9.84 Å². The topological polar surface area (TPSA) is 76.1 Å². The Morgan fingerprint density at radius 1 is 1.08 bits per heavy atom. The smallest absolute Gasteiger partial charge is 0.333 e. The fourth-order valence-electron chi connectivity index (χ4n) is 2.44. The van der Waals surface area contributed by atoms with Crippen LogP contribution < -0.4 is 0 Å². The number of carbonyl (C=O) groups excluding carboxylic acids is 2. The van der Waals surface area contributed by atoms with E-state index in [1.54, 1.807) is 26.0 Å². The Morgan fingerprint density at radius 2 is 1.79 bits per heavy atom. The van der Waals surface area contributed by atoms with E-state index in [9.17, 15) is 14.7 Å². The first kappa shape index (κ1) is 17.9. The number of hydrogen-bond donors (Lipinski definition) is 1. The van der Waals surface area contributed by atoms with E-state index in [1.165, 1.54) is 0 Å². The average molecular weight is 331 g/mol. The molecule has 1 N–H and O–H groups in total. The van der Waals surface area contributed by atoms with Gasteiger partial charge in [-0.25, -0.2) is 9.86 Å². The van der Waals surface area contributed by atoms with E-state index in [2.05, 4.69) is 0 Å². The molecule has 1 amide bonds. The van der Waals surface area contributed by atoms with Crippen LogP contribution in [0.3, 0.4) is 0 Å². The molecule has 1 unspecified atom stereocenters. The van der Waals surface area contributed by atoms with E-state index in [1.807, 2.05) is 30.3 Å². The summed E-state index contributed by atoms with van der Waals surface area (Å²) in [6, 6.07) is 11.5. The SMILES string of the molecule is CCOC(=O)C(CO)N(OCC)C(=O)c1cccc2ccccc12. The molecule has 0 radical (unpaired) electrons. The first-order chi connectivity index (χ1) is 11.6. The lowest BCUT2D eigenvalue weighted by Gasteiger charge is -2.27.